The van der Waals surface area contributed by atoms with Crippen molar-refractivity contribution in [3.63, 3.8) is 0 Å². The second-order valence-electron chi connectivity index (χ2n) is 4.58. The lowest BCUT2D eigenvalue weighted by Crippen LogP contribution is -2.31. The zero-order valence-electron chi connectivity index (χ0n) is 11.9. The molecule has 4 nitrogen and oxygen atoms in total. The zero-order chi connectivity index (χ0) is 16.1. The van der Waals surface area contributed by atoms with E-state index in [-0.39, 0.29) is 18.8 Å². The van der Waals surface area contributed by atoms with Crippen molar-refractivity contribution < 1.29 is 21.6 Å². The number of nitrogens with zero attached hydrogens (tertiary/aromatic N) is 1. The molecule has 8 heteroatoms. The van der Waals surface area contributed by atoms with Gasteiger partial charge in [0.05, 0.1) is 11.8 Å². The molecule has 0 aliphatic rings. The molecule has 120 valence electrons. The van der Waals surface area contributed by atoms with Crippen LogP contribution in [0.15, 0.2) is 24.3 Å². The third-order valence-electron chi connectivity index (χ3n) is 2.95. The largest absolute Gasteiger partial charge is 0.418 e. The molecular formula is C13H19F3N2O2S. The lowest BCUT2D eigenvalue weighted by molar-refractivity contribution is -0.136. The zero-order valence-corrected chi connectivity index (χ0v) is 12.8. The van der Waals surface area contributed by atoms with Crippen LogP contribution in [0.4, 0.5) is 18.9 Å². The molecule has 1 aromatic carbocycles. The Kier molecular flexibility index (Phi) is 6.03. The molecule has 0 atom stereocenters. The maximum atomic E-state index is 12.8. The van der Waals surface area contributed by atoms with Crippen LogP contribution < -0.4 is 5.32 Å². The molecule has 21 heavy (non-hydrogen) atoms. The highest BCUT2D eigenvalue weighted by Crippen LogP contribution is 2.34. The maximum Gasteiger partial charge on any atom is 0.418 e. The first-order chi connectivity index (χ1) is 9.66. The minimum absolute atomic E-state index is 0.00686. The van der Waals surface area contributed by atoms with Crippen LogP contribution in [0.3, 0.4) is 0 Å². The molecule has 1 rings (SSSR count). The van der Waals surface area contributed by atoms with Crippen LogP contribution in [-0.2, 0) is 16.2 Å². The van der Waals surface area contributed by atoms with E-state index in [2.05, 4.69) is 5.32 Å². The van der Waals surface area contributed by atoms with Crippen LogP contribution in [0.5, 0.6) is 0 Å². The Morgan fingerprint density at radius 2 is 1.86 bits per heavy atom. The van der Waals surface area contributed by atoms with Gasteiger partial charge in [-0.3, -0.25) is 0 Å². The highest BCUT2D eigenvalue weighted by Gasteiger charge is 2.32. The van der Waals surface area contributed by atoms with Crippen LogP contribution in [0.1, 0.15) is 18.9 Å². The first kappa shape index (κ1) is 17.8. The van der Waals surface area contributed by atoms with Crippen LogP contribution in [0.2, 0.25) is 0 Å². The highest BCUT2D eigenvalue weighted by molar-refractivity contribution is 7.88. The molecule has 1 N–H and O–H groups in total. The fourth-order valence-corrected chi connectivity index (χ4v) is 2.85. The molecule has 0 amide bonds. The first-order valence-corrected chi connectivity index (χ1v) is 8.36. The second-order valence-corrected chi connectivity index (χ2v) is 6.56. The molecule has 0 fully saturated rings. The number of nitrogens with one attached hydrogen (secondary N) is 1. The Morgan fingerprint density at radius 1 is 1.24 bits per heavy atom. The Morgan fingerprint density at radius 3 is 2.38 bits per heavy atom. The van der Waals surface area contributed by atoms with E-state index in [1.165, 1.54) is 22.5 Å². The van der Waals surface area contributed by atoms with Crippen molar-refractivity contribution in [2.24, 2.45) is 0 Å². The number of hydrogen-bond acceptors (Lipinski definition) is 3. The number of sulfonamides is 1. The SMILES string of the molecule is CCN(CCCNc1ccccc1C(F)(F)F)S(C)(=O)=O. The smallest absolute Gasteiger partial charge is 0.385 e. The normalized spacial score (nSPS) is 12.7. The number of anilines is 1. The summed E-state index contributed by atoms with van der Waals surface area (Å²) in [4.78, 5) is 0. The topological polar surface area (TPSA) is 49.4 Å². The molecular weight excluding hydrogens is 305 g/mol. The molecule has 0 spiro atoms. The van der Waals surface area contributed by atoms with Crippen molar-refractivity contribution >= 4 is 15.7 Å². The molecule has 0 bridgehead atoms. The predicted octanol–water partition coefficient (Wildman–Crippen LogP) is 2.79. The highest BCUT2D eigenvalue weighted by atomic mass is 32.2. The summed E-state index contributed by atoms with van der Waals surface area (Å²) in [6, 6.07) is 5.22. The summed E-state index contributed by atoms with van der Waals surface area (Å²) in [6.07, 6.45) is -2.87. The van der Waals surface area contributed by atoms with Crippen LogP contribution in [0.25, 0.3) is 0 Å². The van der Waals surface area contributed by atoms with Gasteiger partial charge in [0.1, 0.15) is 0 Å². The van der Waals surface area contributed by atoms with E-state index in [1.54, 1.807) is 6.92 Å². The van der Waals surface area contributed by atoms with Gasteiger partial charge in [-0.25, -0.2) is 12.7 Å². The molecule has 0 aromatic heterocycles. The van der Waals surface area contributed by atoms with Crippen molar-refractivity contribution in [3.05, 3.63) is 29.8 Å². The number of alkyl halides is 3. The number of halogens is 3. The summed E-state index contributed by atoms with van der Waals surface area (Å²) in [5.74, 6) is 0. The van der Waals surface area contributed by atoms with Crippen molar-refractivity contribution in [1.82, 2.24) is 4.31 Å². The lowest BCUT2D eigenvalue weighted by atomic mass is 10.1. The van der Waals surface area contributed by atoms with E-state index in [0.29, 0.717) is 13.0 Å². The van der Waals surface area contributed by atoms with Crippen LogP contribution in [-0.4, -0.2) is 38.6 Å². The van der Waals surface area contributed by atoms with Crippen molar-refractivity contribution in [1.29, 1.82) is 0 Å². The summed E-state index contributed by atoms with van der Waals surface area (Å²) in [6.45, 7) is 2.60. The molecule has 0 saturated heterocycles. The van der Waals surface area contributed by atoms with Gasteiger partial charge >= 0.3 is 6.18 Å². The molecule has 1 aromatic rings. The summed E-state index contributed by atoms with van der Waals surface area (Å²) >= 11 is 0. The average Bonchev–Trinajstić information content (AvgIpc) is 2.36. The third-order valence-corrected chi connectivity index (χ3v) is 4.33. The fourth-order valence-electron chi connectivity index (χ4n) is 1.92. The summed E-state index contributed by atoms with van der Waals surface area (Å²) < 4.78 is 62.3. The number of hydrogen-bond donors (Lipinski definition) is 1. The molecule has 0 saturated carbocycles. The molecule has 0 radical (unpaired) electrons. The van der Waals surface area contributed by atoms with Gasteiger partial charge in [-0.05, 0) is 18.6 Å². The van der Waals surface area contributed by atoms with Crippen LogP contribution >= 0.6 is 0 Å². The van der Waals surface area contributed by atoms with Crippen molar-refractivity contribution in [2.45, 2.75) is 19.5 Å². The summed E-state index contributed by atoms with van der Waals surface area (Å²) in [7, 11) is -3.27. The van der Waals surface area contributed by atoms with Gasteiger partial charge < -0.3 is 5.32 Å². The lowest BCUT2D eigenvalue weighted by Gasteiger charge is -2.18. The van der Waals surface area contributed by atoms with Gasteiger partial charge in [-0.2, -0.15) is 13.2 Å². The molecule has 0 aliphatic heterocycles. The molecule has 0 heterocycles. The third kappa shape index (κ3) is 5.55. The van der Waals surface area contributed by atoms with Crippen molar-refractivity contribution in [2.75, 3.05) is 31.2 Å². The maximum absolute atomic E-state index is 12.8. The van der Waals surface area contributed by atoms with Gasteiger partial charge in [-0.1, -0.05) is 19.1 Å². The van der Waals surface area contributed by atoms with E-state index in [9.17, 15) is 21.6 Å². The van der Waals surface area contributed by atoms with Crippen LogP contribution in [0, 0.1) is 0 Å². The molecule has 0 aliphatic carbocycles. The average molecular weight is 324 g/mol. The minimum Gasteiger partial charge on any atom is -0.385 e. The summed E-state index contributed by atoms with van der Waals surface area (Å²) in [5, 5.41) is 2.71. The van der Waals surface area contributed by atoms with Gasteiger partial charge in [0, 0.05) is 25.3 Å². The Balaban J connectivity index is 2.58. The predicted molar refractivity (Wildman–Crippen MR) is 76.6 cm³/mol. The number of benzene rings is 1. The molecule has 0 unspecified atom stereocenters. The van der Waals surface area contributed by atoms with Gasteiger partial charge in [0.2, 0.25) is 10.0 Å². The quantitative estimate of drug-likeness (QED) is 0.785. The standard InChI is InChI=1S/C13H19F3N2O2S/c1-3-18(21(2,19)20)10-6-9-17-12-8-5-4-7-11(12)13(14,15)16/h4-5,7-8,17H,3,6,9-10H2,1-2H3. The Labute approximate surface area is 123 Å². The Hall–Kier alpha value is -1.28. The number of rotatable bonds is 7. The van der Waals surface area contributed by atoms with E-state index in [1.807, 2.05) is 0 Å². The number of para-hydroxylation sites is 1. The minimum atomic E-state index is -4.41. The first-order valence-electron chi connectivity index (χ1n) is 6.51. The van der Waals surface area contributed by atoms with E-state index in [0.717, 1.165) is 12.3 Å². The monoisotopic (exact) mass is 324 g/mol. The van der Waals surface area contributed by atoms with Gasteiger partial charge in [0.25, 0.3) is 0 Å². The van der Waals surface area contributed by atoms with E-state index < -0.39 is 21.8 Å². The van der Waals surface area contributed by atoms with Gasteiger partial charge in [0.15, 0.2) is 0 Å². The Bertz CT molecular complexity index is 559. The van der Waals surface area contributed by atoms with Gasteiger partial charge in [-0.15, -0.1) is 0 Å². The fraction of sp³-hybridized carbons (Fsp3) is 0.538. The van der Waals surface area contributed by atoms with E-state index in [4.69, 9.17) is 0 Å². The van der Waals surface area contributed by atoms with Crippen molar-refractivity contribution in [3.8, 4) is 0 Å². The second kappa shape index (κ2) is 7.13. The summed E-state index contributed by atoms with van der Waals surface area (Å²) in [5.41, 5.74) is -0.715. The van der Waals surface area contributed by atoms with E-state index >= 15 is 0 Å².